The van der Waals surface area contributed by atoms with Gasteiger partial charge in [0, 0.05) is 44.4 Å². The number of benzene rings is 1. The van der Waals surface area contributed by atoms with Crippen molar-refractivity contribution < 1.29 is 27.4 Å². The fourth-order valence-corrected chi connectivity index (χ4v) is 4.82. The van der Waals surface area contributed by atoms with Crippen LogP contribution in [0, 0.1) is 0 Å². The maximum absolute atomic E-state index is 12.7. The minimum absolute atomic E-state index is 0.0679. The van der Waals surface area contributed by atoms with E-state index in [1.54, 1.807) is 28.2 Å². The number of nitrogens with zero attached hydrogens (tertiary/aromatic N) is 5. The van der Waals surface area contributed by atoms with Gasteiger partial charge in [-0.25, -0.2) is 23.1 Å². The Kier molecular flexibility index (Phi) is 7.15. The molecule has 1 aromatic carbocycles. The number of anilines is 2. The molecule has 1 amide bonds. The zero-order valence-corrected chi connectivity index (χ0v) is 21.4. The quantitative estimate of drug-likeness (QED) is 0.415. The highest BCUT2D eigenvalue weighted by molar-refractivity contribution is 7.70. The standard InChI is InChI=1S/C24H28N6O6S/c1-28-14-20(26-15-28)24(31)29-6-5-19(13-29)36-18-3-4-22-21(10-18)30(7-8-35-22)17-9-16(11-27-37(32)33)23(34-2)25-12-17/h3-4,9-10,12,14-15,19,37H,5-8,11,13H2,1-2H3,(H,27,32,33)/t19-/m0/s1. The highest BCUT2D eigenvalue weighted by Crippen LogP contribution is 2.40. The predicted octanol–water partition coefficient (Wildman–Crippen LogP) is 1.26. The van der Waals surface area contributed by atoms with Crippen molar-refractivity contribution in [3.63, 3.8) is 0 Å². The van der Waals surface area contributed by atoms with Crippen molar-refractivity contribution in [3.05, 3.63) is 54.2 Å². The number of aromatic nitrogens is 3. The molecule has 0 bridgehead atoms. The number of ether oxygens (including phenoxy) is 3. The van der Waals surface area contributed by atoms with Crippen LogP contribution in [-0.4, -0.2) is 73.2 Å². The summed E-state index contributed by atoms with van der Waals surface area (Å²) in [5.41, 5.74) is 2.62. The molecule has 1 atom stereocenters. The van der Waals surface area contributed by atoms with Crippen molar-refractivity contribution in [2.45, 2.75) is 19.1 Å². The Hall–Kier alpha value is -3.84. The molecule has 3 aromatic rings. The Morgan fingerprint density at radius 1 is 1.24 bits per heavy atom. The zero-order chi connectivity index (χ0) is 25.9. The molecule has 1 N–H and O–H groups in total. The van der Waals surface area contributed by atoms with Crippen molar-refractivity contribution in [2.75, 3.05) is 38.3 Å². The van der Waals surface area contributed by atoms with Crippen LogP contribution in [0.2, 0.25) is 0 Å². The minimum Gasteiger partial charge on any atom is -0.490 e. The number of carbonyl (C=O) groups is 1. The van der Waals surface area contributed by atoms with Gasteiger partial charge in [-0.1, -0.05) is 0 Å². The van der Waals surface area contributed by atoms with Gasteiger partial charge in [-0.3, -0.25) is 4.79 Å². The number of imidazole rings is 1. The third-order valence-corrected chi connectivity index (χ3v) is 6.68. The predicted molar refractivity (Wildman–Crippen MR) is 135 cm³/mol. The van der Waals surface area contributed by atoms with E-state index in [9.17, 15) is 13.2 Å². The Bertz CT molecular complexity index is 1370. The largest absolute Gasteiger partial charge is 0.490 e. The van der Waals surface area contributed by atoms with Gasteiger partial charge in [-0.05, 0) is 18.2 Å². The van der Waals surface area contributed by atoms with Crippen LogP contribution in [0.3, 0.4) is 0 Å². The zero-order valence-electron chi connectivity index (χ0n) is 20.5. The number of pyridine rings is 1. The van der Waals surface area contributed by atoms with Crippen molar-refractivity contribution in [3.8, 4) is 17.4 Å². The van der Waals surface area contributed by atoms with Gasteiger partial charge in [0.1, 0.15) is 29.9 Å². The first-order chi connectivity index (χ1) is 17.9. The maximum Gasteiger partial charge on any atom is 0.274 e. The molecule has 0 aliphatic carbocycles. The molecule has 2 aromatic heterocycles. The number of amides is 1. The average Bonchev–Trinajstić information content (AvgIpc) is 3.55. The first-order valence-electron chi connectivity index (χ1n) is 11.8. The second-order valence-corrected chi connectivity index (χ2v) is 9.62. The molecule has 0 radical (unpaired) electrons. The molecule has 2 aliphatic heterocycles. The van der Waals surface area contributed by atoms with Gasteiger partial charge in [-0.2, -0.15) is 0 Å². The molecular weight excluding hydrogens is 500 g/mol. The van der Waals surface area contributed by atoms with Gasteiger partial charge in [0.25, 0.3) is 5.91 Å². The number of carbonyl (C=O) groups excluding carboxylic acids is 1. The van der Waals surface area contributed by atoms with Crippen LogP contribution in [0.5, 0.6) is 17.4 Å². The number of nitrogens with one attached hydrogen (secondary N) is 1. The normalized spacial score (nSPS) is 17.0. The summed E-state index contributed by atoms with van der Waals surface area (Å²) in [6.45, 7) is 2.20. The molecule has 37 heavy (non-hydrogen) atoms. The van der Waals surface area contributed by atoms with Gasteiger partial charge in [-0.15, -0.1) is 0 Å². The van der Waals surface area contributed by atoms with Gasteiger partial charge >= 0.3 is 0 Å². The molecule has 4 heterocycles. The van der Waals surface area contributed by atoms with E-state index in [-0.39, 0.29) is 18.6 Å². The third-order valence-electron chi connectivity index (χ3n) is 6.27. The van der Waals surface area contributed by atoms with E-state index in [1.165, 1.54) is 7.11 Å². The lowest BCUT2D eigenvalue weighted by Gasteiger charge is -2.32. The number of fused-ring (bicyclic) bond motifs is 1. The topological polar surface area (TPSA) is 128 Å². The van der Waals surface area contributed by atoms with E-state index in [4.69, 9.17) is 14.2 Å². The van der Waals surface area contributed by atoms with E-state index in [0.29, 0.717) is 54.9 Å². The molecule has 5 rings (SSSR count). The molecule has 0 unspecified atom stereocenters. The monoisotopic (exact) mass is 528 g/mol. The highest BCUT2D eigenvalue weighted by Gasteiger charge is 2.30. The average molecular weight is 529 g/mol. The lowest BCUT2D eigenvalue weighted by atomic mass is 10.1. The summed E-state index contributed by atoms with van der Waals surface area (Å²) in [5.74, 6) is 1.62. The van der Waals surface area contributed by atoms with Crippen molar-refractivity contribution in [1.29, 1.82) is 0 Å². The highest BCUT2D eigenvalue weighted by atomic mass is 32.2. The number of methoxy groups -OCH3 is 1. The molecule has 13 heteroatoms. The molecule has 1 saturated heterocycles. The second-order valence-electron chi connectivity index (χ2n) is 8.79. The number of hydrogen-bond donors (Lipinski definition) is 2. The lowest BCUT2D eigenvalue weighted by Crippen LogP contribution is -2.31. The molecule has 1 fully saturated rings. The number of hydrogen-bond acceptors (Lipinski definition) is 9. The Morgan fingerprint density at radius 3 is 2.86 bits per heavy atom. The van der Waals surface area contributed by atoms with Gasteiger partial charge in [0.05, 0.1) is 44.1 Å². The molecular formula is C24H28N6O6S. The molecule has 12 nitrogen and oxygen atoms in total. The Morgan fingerprint density at radius 2 is 2.11 bits per heavy atom. The summed E-state index contributed by atoms with van der Waals surface area (Å²) in [4.78, 5) is 25.0. The summed E-state index contributed by atoms with van der Waals surface area (Å²) < 4.78 is 43.6. The summed E-state index contributed by atoms with van der Waals surface area (Å²) >= 11 is 0. The third kappa shape index (κ3) is 5.47. The van der Waals surface area contributed by atoms with Crippen LogP contribution in [0.1, 0.15) is 22.5 Å². The van der Waals surface area contributed by atoms with E-state index in [1.807, 2.05) is 36.2 Å². The van der Waals surface area contributed by atoms with Crippen molar-refractivity contribution in [1.82, 2.24) is 24.2 Å². The van der Waals surface area contributed by atoms with Crippen LogP contribution in [0.25, 0.3) is 0 Å². The summed E-state index contributed by atoms with van der Waals surface area (Å²) in [5, 5.41) is 0. The van der Waals surface area contributed by atoms with Crippen molar-refractivity contribution in [2.24, 2.45) is 7.05 Å². The molecule has 196 valence electrons. The number of thiol groups is 1. The van der Waals surface area contributed by atoms with Crippen LogP contribution in [0.4, 0.5) is 11.4 Å². The summed E-state index contributed by atoms with van der Waals surface area (Å²) in [6.07, 6.45) is 5.58. The minimum atomic E-state index is -2.75. The van der Waals surface area contributed by atoms with Crippen LogP contribution < -0.4 is 23.8 Å². The molecule has 0 saturated carbocycles. The fourth-order valence-electron chi connectivity index (χ4n) is 4.52. The summed E-state index contributed by atoms with van der Waals surface area (Å²) in [7, 11) is 0.570. The first-order valence-corrected chi connectivity index (χ1v) is 13.0. The number of likely N-dealkylation sites (tertiary alicyclic amines) is 1. The molecule has 0 spiro atoms. The lowest BCUT2D eigenvalue weighted by molar-refractivity contribution is 0.0767. The number of rotatable bonds is 8. The fraction of sp³-hybridized carbons (Fsp3) is 0.375. The maximum atomic E-state index is 12.7. The van der Waals surface area contributed by atoms with Crippen LogP contribution in [0.15, 0.2) is 43.0 Å². The van der Waals surface area contributed by atoms with E-state index >= 15 is 0 Å². The first kappa shape index (κ1) is 24.8. The van der Waals surface area contributed by atoms with E-state index < -0.39 is 10.9 Å². The van der Waals surface area contributed by atoms with Gasteiger partial charge in [0.2, 0.25) is 16.8 Å². The van der Waals surface area contributed by atoms with Crippen molar-refractivity contribution >= 4 is 28.2 Å². The summed E-state index contributed by atoms with van der Waals surface area (Å²) in [6, 6.07) is 7.48. The smallest absolute Gasteiger partial charge is 0.274 e. The van der Waals surface area contributed by atoms with Crippen LogP contribution >= 0.6 is 0 Å². The van der Waals surface area contributed by atoms with E-state index in [0.717, 1.165) is 17.8 Å². The SMILES string of the molecule is COc1ncc(N2CCOc3ccc(O[C@H]4CCN(C(=O)c5cn(C)cn5)C4)cc32)cc1CN[SH](=O)=O. The Labute approximate surface area is 215 Å². The molecule has 2 aliphatic rings. The van der Waals surface area contributed by atoms with E-state index in [2.05, 4.69) is 14.7 Å². The second kappa shape index (κ2) is 10.6. The van der Waals surface area contributed by atoms with Gasteiger partial charge < -0.3 is 28.6 Å². The number of aryl methyl sites for hydroxylation is 1. The Balaban J connectivity index is 1.33. The van der Waals surface area contributed by atoms with Gasteiger partial charge in [0.15, 0.2) is 0 Å². The van der Waals surface area contributed by atoms with Crippen LogP contribution in [-0.2, 0) is 24.5 Å².